The number of carbonyl (C=O) groups is 1. The fraction of sp³-hybridized carbons (Fsp3) is 0.471. The van der Waals surface area contributed by atoms with Crippen LogP contribution in [0.1, 0.15) is 37.1 Å². The number of carbonyl (C=O) groups excluding carboxylic acids is 1. The zero-order valence-corrected chi connectivity index (χ0v) is 14.9. The monoisotopic (exact) mass is 345 g/mol. The van der Waals surface area contributed by atoms with Crippen LogP contribution in [0, 0.1) is 11.7 Å². The van der Waals surface area contributed by atoms with Gasteiger partial charge in [0.05, 0.1) is 0 Å². The Kier molecular flexibility index (Phi) is 4.99. The lowest BCUT2D eigenvalue weighted by molar-refractivity contribution is 0.190. The predicted molar refractivity (Wildman–Crippen MR) is 96.8 cm³/mol. The number of amides is 2. The molecule has 0 aliphatic carbocycles. The lowest BCUT2D eigenvalue weighted by Gasteiger charge is -2.32. The minimum atomic E-state index is -0.0549. The number of nitrogens with zero attached hydrogens (tertiary/aromatic N) is 3. The molecule has 2 N–H and O–H groups in total. The fourth-order valence-electron chi connectivity index (χ4n) is 3.16. The molecule has 1 fully saturated rings. The Morgan fingerprint density at radius 1 is 1.42 bits per heavy atom. The normalized spacial score (nSPS) is 17.8. The van der Waals surface area contributed by atoms with Gasteiger partial charge in [-0.2, -0.15) is 5.10 Å². The summed E-state index contributed by atoms with van der Waals surface area (Å²) in [6.45, 7) is 6.31. The summed E-state index contributed by atoms with van der Waals surface area (Å²) in [5.74, 6) is 1.17. The van der Waals surface area contributed by atoms with Crippen LogP contribution in [0.4, 0.5) is 10.5 Å². The van der Waals surface area contributed by atoms with Crippen molar-refractivity contribution in [2.45, 2.75) is 39.2 Å². The van der Waals surface area contributed by atoms with Gasteiger partial charge in [0.15, 0.2) is 4.77 Å². The number of rotatable bonds is 3. The number of H-pyrrole nitrogens is 1. The molecule has 2 aromatic rings. The van der Waals surface area contributed by atoms with Crippen LogP contribution < -0.4 is 5.32 Å². The zero-order valence-electron chi connectivity index (χ0n) is 14.1. The van der Waals surface area contributed by atoms with E-state index in [-0.39, 0.29) is 11.9 Å². The van der Waals surface area contributed by atoms with E-state index in [1.807, 2.05) is 40.7 Å². The molecule has 2 amide bonds. The molecule has 2 heterocycles. The van der Waals surface area contributed by atoms with Crippen LogP contribution in [-0.4, -0.2) is 38.8 Å². The van der Waals surface area contributed by atoms with Gasteiger partial charge in [-0.05, 0) is 51.0 Å². The van der Waals surface area contributed by atoms with Gasteiger partial charge in [0.1, 0.15) is 5.82 Å². The number of anilines is 1. The highest BCUT2D eigenvalue weighted by Crippen LogP contribution is 2.26. The third kappa shape index (κ3) is 3.51. The molecule has 1 aromatic carbocycles. The Balaban J connectivity index is 1.69. The van der Waals surface area contributed by atoms with E-state index in [2.05, 4.69) is 22.4 Å². The smallest absolute Gasteiger partial charge is 0.321 e. The number of nitrogens with one attached hydrogen (secondary N) is 2. The average Bonchev–Trinajstić information content (AvgIpc) is 2.97. The first-order valence-electron chi connectivity index (χ1n) is 8.36. The first-order chi connectivity index (χ1) is 11.6. The van der Waals surface area contributed by atoms with E-state index in [1.165, 1.54) is 5.56 Å². The molecule has 1 aliphatic rings. The molecule has 1 saturated heterocycles. The van der Waals surface area contributed by atoms with Crippen molar-refractivity contribution in [1.29, 1.82) is 0 Å². The molecule has 1 unspecified atom stereocenters. The summed E-state index contributed by atoms with van der Waals surface area (Å²) >= 11 is 5.27. The summed E-state index contributed by atoms with van der Waals surface area (Å²) < 4.78 is 2.66. The molecule has 0 saturated carbocycles. The highest BCUT2D eigenvalue weighted by molar-refractivity contribution is 7.71. The number of likely N-dealkylation sites (tertiary alicyclic amines) is 1. The SMILES string of the molecule is CCn1c(C2CCCN(C(=O)Nc3ccc(C)cc3)C2)n[nH]c1=S. The maximum Gasteiger partial charge on any atom is 0.321 e. The van der Waals surface area contributed by atoms with Crippen molar-refractivity contribution in [3.8, 4) is 0 Å². The highest BCUT2D eigenvalue weighted by atomic mass is 32.1. The largest absolute Gasteiger partial charge is 0.324 e. The second-order valence-electron chi connectivity index (χ2n) is 6.21. The molecule has 7 heteroatoms. The number of benzene rings is 1. The standard InChI is InChI=1S/C17H23N5OS/c1-3-22-15(19-20-17(22)24)13-5-4-10-21(11-13)16(23)18-14-8-6-12(2)7-9-14/h6-9,13H,3-5,10-11H2,1-2H3,(H,18,23)(H,20,24). The first-order valence-corrected chi connectivity index (χ1v) is 8.77. The van der Waals surface area contributed by atoms with E-state index in [4.69, 9.17) is 12.2 Å². The molecule has 0 bridgehead atoms. The summed E-state index contributed by atoms with van der Waals surface area (Å²) in [6, 6.07) is 7.79. The van der Waals surface area contributed by atoms with Gasteiger partial charge in [0, 0.05) is 31.2 Å². The fourth-order valence-corrected chi connectivity index (χ4v) is 3.43. The second-order valence-corrected chi connectivity index (χ2v) is 6.60. The summed E-state index contributed by atoms with van der Waals surface area (Å²) in [5, 5.41) is 10.2. The van der Waals surface area contributed by atoms with Crippen LogP contribution >= 0.6 is 12.2 Å². The van der Waals surface area contributed by atoms with Gasteiger partial charge in [-0.15, -0.1) is 0 Å². The van der Waals surface area contributed by atoms with Gasteiger partial charge < -0.3 is 14.8 Å². The lowest BCUT2D eigenvalue weighted by atomic mass is 9.97. The van der Waals surface area contributed by atoms with Gasteiger partial charge in [0.25, 0.3) is 0 Å². The number of urea groups is 1. The van der Waals surface area contributed by atoms with Crippen LogP contribution in [0.3, 0.4) is 0 Å². The molecule has 1 atom stereocenters. The van der Waals surface area contributed by atoms with Gasteiger partial charge >= 0.3 is 6.03 Å². The van der Waals surface area contributed by atoms with E-state index in [0.29, 0.717) is 11.3 Å². The number of aromatic amines is 1. The Labute approximate surface area is 146 Å². The minimum Gasteiger partial charge on any atom is -0.324 e. The topological polar surface area (TPSA) is 66.0 Å². The van der Waals surface area contributed by atoms with E-state index in [1.54, 1.807) is 0 Å². The maximum atomic E-state index is 12.5. The van der Waals surface area contributed by atoms with E-state index >= 15 is 0 Å². The molecule has 3 rings (SSSR count). The second kappa shape index (κ2) is 7.17. The number of aryl methyl sites for hydroxylation is 1. The third-order valence-corrected chi connectivity index (χ3v) is 4.79. The van der Waals surface area contributed by atoms with Crippen molar-refractivity contribution < 1.29 is 4.79 Å². The quantitative estimate of drug-likeness (QED) is 0.834. The molecule has 128 valence electrons. The molecule has 24 heavy (non-hydrogen) atoms. The maximum absolute atomic E-state index is 12.5. The Morgan fingerprint density at radius 3 is 2.88 bits per heavy atom. The average molecular weight is 345 g/mol. The van der Waals surface area contributed by atoms with Gasteiger partial charge in [-0.1, -0.05) is 17.7 Å². The first kappa shape index (κ1) is 16.7. The lowest BCUT2D eigenvalue weighted by Crippen LogP contribution is -2.42. The zero-order chi connectivity index (χ0) is 17.1. The van der Waals surface area contributed by atoms with Crippen molar-refractivity contribution in [1.82, 2.24) is 19.7 Å². The number of hydrogen-bond donors (Lipinski definition) is 2. The highest BCUT2D eigenvalue weighted by Gasteiger charge is 2.28. The molecular weight excluding hydrogens is 322 g/mol. The Hall–Kier alpha value is -2.15. The number of piperidine rings is 1. The van der Waals surface area contributed by atoms with E-state index < -0.39 is 0 Å². The third-order valence-electron chi connectivity index (χ3n) is 4.48. The molecular formula is C17H23N5OS. The van der Waals surface area contributed by atoms with Crippen molar-refractivity contribution in [2.24, 2.45) is 0 Å². The van der Waals surface area contributed by atoms with Crippen LogP contribution in [0.2, 0.25) is 0 Å². The molecule has 1 aromatic heterocycles. The van der Waals surface area contributed by atoms with E-state index in [0.717, 1.165) is 37.4 Å². The van der Waals surface area contributed by atoms with Gasteiger partial charge in [0.2, 0.25) is 0 Å². The summed E-state index contributed by atoms with van der Waals surface area (Å²) in [6.07, 6.45) is 1.99. The van der Waals surface area contributed by atoms with Crippen molar-refractivity contribution in [3.05, 3.63) is 40.4 Å². The summed E-state index contributed by atoms with van der Waals surface area (Å²) in [4.78, 5) is 14.4. The van der Waals surface area contributed by atoms with Crippen LogP contribution in [0.15, 0.2) is 24.3 Å². The Bertz CT molecular complexity index is 764. The minimum absolute atomic E-state index is 0.0549. The van der Waals surface area contributed by atoms with Crippen molar-refractivity contribution >= 4 is 23.9 Å². The molecule has 6 nitrogen and oxygen atoms in total. The van der Waals surface area contributed by atoms with Crippen molar-refractivity contribution in [3.63, 3.8) is 0 Å². The summed E-state index contributed by atoms with van der Waals surface area (Å²) in [5.41, 5.74) is 2.00. The van der Waals surface area contributed by atoms with Crippen LogP contribution in [0.5, 0.6) is 0 Å². The predicted octanol–water partition coefficient (Wildman–Crippen LogP) is 3.68. The Morgan fingerprint density at radius 2 is 2.17 bits per heavy atom. The number of hydrogen-bond acceptors (Lipinski definition) is 3. The molecule has 0 spiro atoms. The molecule has 1 aliphatic heterocycles. The van der Waals surface area contributed by atoms with Gasteiger partial charge in [-0.3, -0.25) is 5.10 Å². The van der Waals surface area contributed by atoms with Crippen molar-refractivity contribution in [2.75, 3.05) is 18.4 Å². The van der Waals surface area contributed by atoms with Crippen LogP contribution in [0.25, 0.3) is 0 Å². The van der Waals surface area contributed by atoms with Crippen LogP contribution in [-0.2, 0) is 6.54 Å². The number of aromatic nitrogens is 3. The summed E-state index contributed by atoms with van der Waals surface area (Å²) in [7, 11) is 0. The van der Waals surface area contributed by atoms with E-state index in [9.17, 15) is 4.79 Å². The molecule has 0 radical (unpaired) electrons. The van der Waals surface area contributed by atoms with Gasteiger partial charge in [-0.25, -0.2) is 4.79 Å².